The summed E-state index contributed by atoms with van der Waals surface area (Å²) in [6.07, 6.45) is 2.88. The molecule has 4 unspecified atom stereocenters. The lowest BCUT2D eigenvalue weighted by Crippen LogP contribution is -2.53. The number of thioether (sulfide) groups is 1. The Morgan fingerprint density at radius 1 is 1.42 bits per heavy atom. The topological polar surface area (TPSA) is 82.0 Å². The van der Waals surface area contributed by atoms with Crippen molar-refractivity contribution in [2.45, 2.75) is 50.4 Å². The Bertz CT molecular complexity index is 684. The van der Waals surface area contributed by atoms with E-state index in [9.17, 15) is 14.9 Å². The monoisotopic (exact) mass is 373 g/mol. The molecule has 1 aromatic rings. The number of carbonyl (C=O) groups is 2. The summed E-state index contributed by atoms with van der Waals surface area (Å²) >= 11 is 1.43. The summed E-state index contributed by atoms with van der Waals surface area (Å²) in [5.74, 6) is -1.73. The van der Waals surface area contributed by atoms with Gasteiger partial charge in [0.2, 0.25) is 11.8 Å². The Hall–Kier alpha value is -2.00. The second-order valence-corrected chi connectivity index (χ2v) is 8.53. The van der Waals surface area contributed by atoms with Crippen molar-refractivity contribution in [2.24, 2.45) is 11.8 Å². The van der Waals surface area contributed by atoms with Crippen molar-refractivity contribution in [1.29, 1.82) is 5.26 Å². The van der Waals surface area contributed by atoms with Crippen molar-refractivity contribution >= 4 is 23.6 Å². The highest BCUT2D eigenvalue weighted by Gasteiger charge is 2.39. The van der Waals surface area contributed by atoms with Gasteiger partial charge in [0.15, 0.2) is 0 Å². The third-order valence-electron chi connectivity index (χ3n) is 4.95. The summed E-state index contributed by atoms with van der Waals surface area (Å²) in [5, 5.41) is 14.8. The van der Waals surface area contributed by atoms with Crippen molar-refractivity contribution in [3.8, 4) is 6.07 Å². The second kappa shape index (κ2) is 8.59. The molecule has 5 nitrogen and oxygen atoms in total. The molecule has 1 aliphatic heterocycles. The Labute approximate surface area is 159 Å². The zero-order valence-corrected chi connectivity index (χ0v) is 16.6. The highest BCUT2D eigenvalue weighted by Crippen LogP contribution is 2.29. The van der Waals surface area contributed by atoms with Crippen LogP contribution in [0.15, 0.2) is 30.3 Å². The van der Waals surface area contributed by atoms with E-state index < -0.39 is 5.92 Å². The van der Waals surface area contributed by atoms with E-state index in [0.29, 0.717) is 0 Å². The van der Waals surface area contributed by atoms with Gasteiger partial charge in [-0.25, -0.2) is 0 Å². The molecule has 0 aliphatic carbocycles. The Morgan fingerprint density at radius 3 is 2.65 bits per heavy atom. The molecule has 0 radical (unpaired) electrons. The molecule has 140 valence electrons. The first-order chi connectivity index (χ1) is 12.3. The third kappa shape index (κ3) is 4.79. The normalized spacial score (nSPS) is 24.3. The minimum Gasteiger partial charge on any atom is -0.353 e. The SMILES string of the molecule is CSC1NC(=O)C(C(=O)NC(C)CC(C)(C)c2ccccc2)CC1C#N. The zero-order chi connectivity index (χ0) is 19.3. The quantitative estimate of drug-likeness (QED) is 0.751. The van der Waals surface area contributed by atoms with Crippen molar-refractivity contribution < 1.29 is 9.59 Å². The number of nitrogens with zero attached hydrogens (tertiary/aromatic N) is 1. The molecule has 2 rings (SSSR count). The number of carbonyl (C=O) groups excluding carboxylic acids is 2. The average molecular weight is 374 g/mol. The Balaban J connectivity index is 1.98. The van der Waals surface area contributed by atoms with E-state index in [1.807, 2.05) is 31.4 Å². The first kappa shape index (κ1) is 20.3. The highest BCUT2D eigenvalue weighted by atomic mass is 32.2. The molecule has 1 saturated heterocycles. The average Bonchev–Trinajstić information content (AvgIpc) is 2.61. The fourth-order valence-electron chi connectivity index (χ4n) is 3.56. The predicted octanol–water partition coefficient (Wildman–Crippen LogP) is 2.82. The number of hydrogen-bond donors (Lipinski definition) is 2. The van der Waals surface area contributed by atoms with Gasteiger partial charge < -0.3 is 10.6 Å². The van der Waals surface area contributed by atoms with Gasteiger partial charge in [0.25, 0.3) is 0 Å². The zero-order valence-electron chi connectivity index (χ0n) is 15.8. The largest absolute Gasteiger partial charge is 0.353 e. The van der Waals surface area contributed by atoms with Crippen LogP contribution in [0, 0.1) is 23.2 Å². The van der Waals surface area contributed by atoms with Crippen LogP contribution in [0.3, 0.4) is 0 Å². The number of piperidine rings is 1. The fraction of sp³-hybridized carbons (Fsp3) is 0.550. The van der Waals surface area contributed by atoms with Gasteiger partial charge in [0, 0.05) is 6.04 Å². The summed E-state index contributed by atoms with van der Waals surface area (Å²) in [6, 6.07) is 12.3. The van der Waals surface area contributed by atoms with Crippen LogP contribution in [0.2, 0.25) is 0 Å². The molecule has 1 aliphatic rings. The molecular formula is C20H27N3O2S. The van der Waals surface area contributed by atoms with Crippen molar-refractivity contribution in [2.75, 3.05) is 6.26 Å². The Morgan fingerprint density at radius 2 is 2.08 bits per heavy atom. The van der Waals surface area contributed by atoms with Gasteiger partial charge >= 0.3 is 0 Å². The summed E-state index contributed by atoms with van der Waals surface area (Å²) in [7, 11) is 0. The third-order valence-corrected chi connectivity index (χ3v) is 5.91. The van der Waals surface area contributed by atoms with Crippen molar-refractivity contribution in [3.63, 3.8) is 0 Å². The molecular weight excluding hydrogens is 346 g/mol. The number of amides is 2. The molecule has 4 atom stereocenters. The maximum atomic E-state index is 12.6. The molecule has 2 amide bonds. The lowest BCUT2D eigenvalue weighted by molar-refractivity contribution is -0.138. The van der Waals surface area contributed by atoms with Crippen LogP contribution in [-0.4, -0.2) is 29.5 Å². The first-order valence-corrected chi connectivity index (χ1v) is 10.2. The van der Waals surface area contributed by atoms with Gasteiger partial charge in [0.1, 0.15) is 5.92 Å². The molecule has 1 fully saturated rings. The number of rotatable bonds is 6. The summed E-state index contributed by atoms with van der Waals surface area (Å²) < 4.78 is 0. The molecule has 2 N–H and O–H groups in total. The van der Waals surface area contributed by atoms with Gasteiger partial charge in [-0.2, -0.15) is 5.26 Å². The minimum absolute atomic E-state index is 0.0793. The van der Waals surface area contributed by atoms with E-state index in [-0.39, 0.29) is 41.0 Å². The second-order valence-electron chi connectivity index (χ2n) is 7.55. The lowest BCUT2D eigenvalue weighted by Gasteiger charge is -2.33. The molecule has 6 heteroatoms. The maximum absolute atomic E-state index is 12.6. The number of nitrogens with one attached hydrogen (secondary N) is 2. The van der Waals surface area contributed by atoms with Crippen LogP contribution >= 0.6 is 11.8 Å². The summed E-state index contributed by atoms with van der Waals surface area (Å²) in [4.78, 5) is 24.9. The van der Waals surface area contributed by atoms with Crippen LogP contribution in [0.25, 0.3) is 0 Å². The molecule has 0 spiro atoms. The standard InChI is InChI=1S/C20H27N3O2S/c1-13(11-20(2,3)15-8-6-5-7-9-15)22-17(24)16-10-14(12-21)19(26-4)23-18(16)25/h5-9,13-14,16,19H,10-11H2,1-4H3,(H,22,24)(H,23,25). The van der Waals surface area contributed by atoms with Gasteiger partial charge in [-0.15, -0.1) is 11.8 Å². The van der Waals surface area contributed by atoms with Crippen molar-refractivity contribution in [3.05, 3.63) is 35.9 Å². The van der Waals surface area contributed by atoms with Crippen LogP contribution in [0.5, 0.6) is 0 Å². The van der Waals surface area contributed by atoms with Gasteiger partial charge in [-0.3, -0.25) is 9.59 Å². The van der Waals surface area contributed by atoms with Gasteiger partial charge in [-0.05, 0) is 37.0 Å². The first-order valence-electron chi connectivity index (χ1n) is 8.87. The van der Waals surface area contributed by atoms with Gasteiger partial charge in [-0.1, -0.05) is 44.2 Å². The Kier molecular flexibility index (Phi) is 6.71. The van der Waals surface area contributed by atoms with E-state index in [4.69, 9.17) is 0 Å². The van der Waals surface area contributed by atoms with Crippen LogP contribution in [-0.2, 0) is 15.0 Å². The van der Waals surface area contributed by atoms with E-state index in [0.717, 1.165) is 6.42 Å². The fourth-order valence-corrected chi connectivity index (χ4v) is 4.30. The van der Waals surface area contributed by atoms with Crippen LogP contribution in [0.1, 0.15) is 39.2 Å². The number of benzene rings is 1. The molecule has 1 aromatic carbocycles. The molecule has 0 aromatic heterocycles. The van der Waals surface area contributed by atoms with E-state index in [1.165, 1.54) is 17.3 Å². The smallest absolute Gasteiger partial charge is 0.233 e. The maximum Gasteiger partial charge on any atom is 0.233 e. The molecule has 0 bridgehead atoms. The predicted molar refractivity (Wildman–Crippen MR) is 104 cm³/mol. The van der Waals surface area contributed by atoms with Crippen LogP contribution < -0.4 is 10.6 Å². The molecule has 0 saturated carbocycles. The number of hydrogen-bond acceptors (Lipinski definition) is 4. The van der Waals surface area contributed by atoms with Crippen molar-refractivity contribution in [1.82, 2.24) is 10.6 Å². The number of nitriles is 1. The minimum atomic E-state index is -0.801. The lowest BCUT2D eigenvalue weighted by atomic mass is 9.79. The highest BCUT2D eigenvalue weighted by molar-refractivity contribution is 7.99. The van der Waals surface area contributed by atoms with Crippen LogP contribution in [0.4, 0.5) is 0 Å². The van der Waals surface area contributed by atoms with E-state index in [1.54, 1.807) is 0 Å². The molecule has 26 heavy (non-hydrogen) atoms. The summed E-state index contributed by atoms with van der Waals surface area (Å²) in [6.45, 7) is 6.25. The van der Waals surface area contributed by atoms with E-state index >= 15 is 0 Å². The summed E-state index contributed by atoms with van der Waals surface area (Å²) in [5.41, 5.74) is 1.12. The molecule has 1 heterocycles. The van der Waals surface area contributed by atoms with E-state index in [2.05, 4.69) is 42.7 Å². The van der Waals surface area contributed by atoms with Gasteiger partial charge in [0.05, 0.1) is 17.4 Å².